The molecule has 2 N–H and O–H groups in total. The highest BCUT2D eigenvalue weighted by Crippen LogP contribution is 2.28. The molecule has 0 saturated carbocycles. The van der Waals surface area contributed by atoms with E-state index in [1.807, 2.05) is 66.6 Å². The lowest BCUT2D eigenvalue weighted by molar-refractivity contribution is -0.121. The molecule has 2 atom stereocenters. The van der Waals surface area contributed by atoms with Crippen LogP contribution in [0.1, 0.15) is 44.6 Å². The number of likely N-dealkylation sites (tertiary alicyclic amines) is 1. The second-order valence-corrected chi connectivity index (χ2v) is 11.4. The van der Waals surface area contributed by atoms with Gasteiger partial charge >= 0.3 is 6.03 Å². The van der Waals surface area contributed by atoms with Gasteiger partial charge in [-0.25, -0.2) is 4.79 Å². The topological polar surface area (TPSA) is 146 Å². The van der Waals surface area contributed by atoms with Gasteiger partial charge in [0.25, 0.3) is 13.1 Å². The van der Waals surface area contributed by atoms with E-state index in [9.17, 15) is 14.4 Å². The van der Waals surface area contributed by atoms with Gasteiger partial charge in [0, 0.05) is 25.1 Å². The van der Waals surface area contributed by atoms with E-state index in [2.05, 4.69) is 9.97 Å². The highest BCUT2D eigenvalue weighted by atomic mass is 16.5. The van der Waals surface area contributed by atoms with Crippen LogP contribution in [0.3, 0.4) is 0 Å². The second-order valence-electron chi connectivity index (χ2n) is 11.4. The molecule has 1 aliphatic rings. The van der Waals surface area contributed by atoms with E-state index in [1.165, 1.54) is 12.0 Å². The number of amides is 3. The van der Waals surface area contributed by atoms with Gasteiger partial charge in [0.15, 0.2) is 5.82 Å². The van der Waals surface area contributed by atoms with Crippen LogP contribution in [0.5, 0.6) is 17.5 Å². The Morgan fingerprint density at radius 1 is 1.00 bits per heavy atom. The van der Waals surface area contributed by atoms with Gasteiger partial charge < -0.3 is 34.5 Å². The van der Waals surface area contributed by atoms with Crippen LogP contribution in [0.2, 0.25) is 0 Å². The van der Waals surface area contributed by atoms with Crippen molar-refractivity contribution in [2.45, 2.75) is 57.7 Å². The van der Waals surface area contributed by atoms with Gasteiger partial charge in [-0.1, -0.05) is 55.0 Å². The Labute approximate surface area is 282 Å². The molecule has 3 aromatic rings. The first-order valence-corrected chi connectivity index (χ1v) is 16.2. The van der Waals surface area contributed by atoms with Crippen LogP contribution in [0.4, 0.5) is 9.59 Å². The fraction of sp³-hybridized carbons (Fsp3) is 0.400. The normalized spacial score (nSPS) is 15.6. The summed E-state index contributed by atoms with van der Waals surface area (Å²) in [4.78, 5) is 50.5. The maximum absolute atomic E-state index is 14.1. The zero-order valence-corrected chi connectivity index (χ0v) is 27.9. The molecule has 12 nitrogen and oxygen atoms in total. The number of hydrogen-bond acceptors (Lipinski definition) is 9. The van der Waals surface area contributed by atoms with Gasteiger partial charge in [0.1, 0.15) is 17.9 Å². The highest BCUT2D eigenvalue weighted by Gasteiger charge is 2.41. The fourth-order valence-corrected chi connectivity index (χ4v) is 5.45. The summed E-state index contributed by atoms with van der Waals surface area (Å²) >= 11 is 0. The molecular weight excluding hydrogens is 613 g/mol. The predicted molar refractivity (Wildman–Crippen MR) is 183 cm³/mol. The summed E-state index contributed by atoms with van der Waals surface area (Å²) in [5, 5.41) is 0. The number of benzene rings is 2. The first-order valence-electron chi connectivity index (χ1n) is 16.2. The van der Waals surface area contributed by atoms with Crippen molar-refractivity contribution in [3.63, 3.8) is 0 Å². The maximum atomic E-state index is 14.1. The van der Waals surface area contributed by atoms with Crippen molar-refractivity contribution in [1.29, 1.82) is 0 Å². The number of nitrogens with zero attached hydrogens (tertiary/aromatic N) is 4. The summed E-state index contributed by atoms with van der Waals surface area (Å²) in [5.74, 6) is 2.75. The van der Waals surface area contributed by atoms with Gasteiger partial charge in [-0.15, -0.1) is 5.98 Å². The van der Waals surface area contributed by atoms with Crippen molar-refractivity contribution in [1.82, 2.24) is 19.8 Å². The average molecular weight is 658 g/mol. The molecule has 1 saturated heterocycles. The average Bonchev–Trinajstić information content (AvgIpc) is 3.53. The Morgan fingerprint density at radius 2 is 1.75 bits per heavy atom. The lowest BCUT2D eigenvalue weighted by Crippen LogP contribution is -2.49. The van der Waals surface area contributed by atoms with Crippen LogP contribution < -0.4 is 19.9 Å². The molecular formula is C35H44BN5O7. The van der Waals surface area contributed by atoms with E-state index < -0.39 is 18.1 Å². The van der Waals surface area contributed by atoms with E-state index in [4.69, 9.17) is 24.7 Å². The van der Waals surface area contributed by atoms with Crippen molar-refractivity contribution in [3.8, 4) is 28.9 Å². The Bertz CT molecular complexity index is 1520. The minimum atomic E-state index is -0.845. The van der Waals surface area contributed by atoms with Gasteiger partial charge in [-0.2, -0.15) is 9.97 Å². The fourth-order valence-electron chi connectivity index (χ4n) is 5.45. The SMILES string of the molecule is CCOC(=O)B/C=C\CCCCCN(Cc1ccc(OC)cc1)C(=O)N1C[C@H](Oc2cc(OC)nc(-c3ccccc3)n2)C[C@H]1C(N)=O. The van der Waals surface area contributed by atoms with E-state index >= 15 is 0 Å². The summed E-state index contributed by atoms with van der Waals surface area (Å²) in [7, 11) is 3.38. The number of allylic oxidation sites excluding steroid dienone is 1. The quantitative estimate of drug-likeness (QED) is 0.160. The number of hydrogen-bond donors (Lipinski definition) is 1. The second kappa shape index (κ2) is 18.3. The van der Waals surface area contributed by atoms with Gasteiger partial charge in [0.2, 0.25) is 17.7 Å². The molecule has 0 unspecified atom stereocenters. The number of primary amides is 1. The molecule has 2 heterocycles. The van der Waals surface area contributed by atoms with Crippen LogP contribution in [0.25, 0.3) is 11.4 Å². The number of unbranched alkanes of at least 4 members (excludes halogenated alkanes) is 3. The van der Waals surface area contributed by atoms with Crippen LogP contribution in [0, 0.1) is 0 Å². The van der Waals surface area contributed by atoms with E-state index in [-0.39, 0.29) is 38.0 Å². The first-order chi connectivity index (χ1) is 23.3. The Kier molecular flexibility index (Phi) is 13.7. The number of carbonyl (C=O) groups is 3. The zero-order valence-electron chi connectivity index (χ0n) is 27.9. The van der Waals surface area contributed by atoms with E-state index in [0.717, 1.165) is 42.6 Å². The lowest BCUT2D eigenvalue weighted by Gasteiger charge is -2.31. The molecule has 48 heavy (non-hydrogen) atoms. The van der Waals surface area contributed by atoms with Gasteiger partial charge in [-0.05, 0) is 43.9 Å². The minimum Gasteiger partial charge on any atom is -0.497 e. The molecule has 1 aromatic heterocycles. The summed E-state index contributed by atoms with van der Waals surface area (Å²) < 4.78 is 21.9. The van der Waals surface area contributed by atoms with Gasteiger partial charge in [0.05, 0.1) is 33.4 Å². The molecule has 3 amide bonds. The molecule has 0 spiro atoms. The Balaban J connectivity index is 1.44. The largest absolute Gasteiger partial charge is 0.497 e. The van der Waals surface area contributed by atoms with Crippen LogP contribution in [-0.2, 0) is 16.1 Å². The van der Waals surface area contributed by atoms with E-state index in [0.29, 0.717) is 31.4 Å². The maximum Gasteiger partial charge on any atom is 0.321 e. The molecule has 2 aromatic carbocycles. The van der Waals surface area contributed by atoms with Crippen LogP contribution >= 0.6 is 0 Å². The molecule has 13 heteroatoms. The van der Waals surface area contributed by atoms with Crippen LogP contribution in [-0.4, -0.2) is 90.9 Å². The number of urea groups is 1. The Hall–Kier alpha value is -5.07. The summed E-state index contributed by atoms with van der Waals surface area (Å²) in [5.41, 5.74) is 7.54. The van der Waals surface area contributed by atoms with Crippen LogP contribution in [0.15, 0.2) is 72.7 Å². The molecule has 1 aliphatic heterocycles. The predicted octanol–water partition coefficient (Wildman–Crippen LogP) is 4.76. The lowest BCUT2D eigenvalue weighted by atomic mass is 9.78. The summed E-state index contributed by atoms with van der Waals surface area (Å²) in [6.07, 6.45) is 5.03. The van der Waals surface area contributed by atoms with Crippen molar-refractivity contribution >= 4 is 25.1 Å². The third-order valence-electron chi connectivity index (χ3n) is 7.90. The number of methoxy groups -OCH3 is 2. The molecule has 1 fully saturated rings. The highest BCUT2D eigenvalue weighted by molar-refractivity contribution is 6.75. The Morgan fingerprint density at radius 3 is 2.44 bits per heavy atom. The smallest absolute Gasteiger partial charge is 0.321 e. The standard InChI is InChI=1S/C35H44BN5O7/c1-4-47-34(43)36-19-11-6-5-7-12-20-40(23-25-15-17-27(45-2)18-16-25)35(44)41-24-28(21-29(41)32(37)42)48-31-22-30(46-3)38-33(39-31)26-13-9-8-10-14-26/h8-11,13-19,22,28-29,36H,4-7,12,20-21,23-24H2,1-3H3,(H2,37,42)/b19-11-/t28-,29+/m1/s1. The molecule has 0 aliphatic carbocycles. The summed E-state index contributed by atoms with van der Waals surface area (Å²) in [6, 6.07) is 17.4. The number of ether oxygens (including phenoxy) is 4. The molecule has 0 bridgehead atoms. The number of carbonyl (C=O) groups excluding carboxylic acids is 3. The number of nitrogens with two attached hydrogens (primary N) is 1. The van der Waals surface area contributed by atoms with Crippen molar-refractivity contribution < 1.29 is 33.3 Å². The number of rotatable bonds is 17. The molecule has 254 valence electrons. The third-order valence-corrected chi connectivity index (χ3v) is 7.90. The van der Waals surface area contributed by atoms with Crippen molar-refractivity contribution in [3.05, 3.63) is 78.3 Å². The summed E-state index contributed by atoms with van der Waals surface area (Å²) in [6.45, 7) is 3.14. The minimum absolute atomic E-state index is 0.157. The third kappa shape index (κ3) is 10.5. The number of aromatic nitrogens is 2. The molecule has 4 rings (SSSR count). The molecule has 0 radical (unpaired) electrons. The monoisotopic (exact) mass is 657 g/mol. The van der Waals surface area contributed by atoms with Crippen molar-refractivity contribution in [2.24, 2.45) is 5.73 Å². The van der Waals surface area contributed by atoms with Crippen molar-refractivity contribution in [2.75, 3.05) is 33.9 Å². The zero-order chi connectivity index (χ0) is 34.3. The van der Waals surface area contributed by atoms with Gasteiger partial charge in [-0.3, -0.25) is 9.59 Å². The first kappa shape index (κ1) is 35.8. The van der Waals surface area contributed by atoms with E-state index in [1.54, 1.807) is 25.0 Å².